The number of hydrogen-bond donors (Lipinski definition) is 2. The normalized spacial score (nSPS) is 11.8. The van der Waals surface area contributed by atoms with E-state index in [4.69, 9.17) is 5.73 Å². The second kappa shape index (κ2) is 5.37. The molecule has 0 radical (unpaired) electrons. The van der Waals surface area contributed by atoms with E-state index < -0.39 is 0 Å². The number of thiophene rings is 2. The fourth-order valence-electron chi connectivity index (χ4n) is 2.12. The zero-order chi connectivity index (χ0) is 15.9. The fraction of sp³-hybridized carbons (Fsp3) is 0.250. The van der Waals surface area contributed by atoms with Crippen LogP contribution in [0.3, 0.4) is 0 Å². The van der Waals surface area contributed by atoms with Crippen molar-refractivity contribution in [2.75, 3.05) is 5.73 Å². The number of nitrogens with two attached hydrogens (primary N) is 1. The number of fused-ring (bicyclic) bond motifs is 1. The average Bonchev–Trinajstić information content (AvgIpc) is 3.05. The van der Waals surface area contributed by atoms with E-state index in [2.05, 4.69) is 10.3 Å². The highest BCUT2D eigenvalue weighted by molar-refractivity contribution is 7.21. The molecule has 0 spiro atoms. The van der Waals surface area contributed by atoms with Crippen LogP contribution in [-0.4, -0.2) is 16.4 Å². The zero-order valence-corrected chi connectivity index (χ0v) is 14.3. The highest BCUT2D eigenvalue weighted by Gasteiger charge is 2.21. The van der Waals surface area contributed by atoms with Crippen LogP contribution < -0.4 is 11.1 Å². The number of anilines is 1. The number of hydrogen-bond acceptors (Lipinski definition) is 5. The molecule has 1 amide bonds. The van der Waals surface area contributed by atoms with Crippen molar-refractivity contribution >= 4 is 44.5 Å². The van der Waals surface area contributed by atoms with Crippen LogP contribution >= 0.6 is 22.7 Å². The lowest BCUT2D eigenvalue weighted by molar-refractivity contribution is 0.0924. The quantitative estimate of drug-likeness (QED) is 0.741. The first kappa shape index (κ1) is 15.0. The number of pyridine rings is 1. The highest BCUT2D eigenvalue weighted by Crippen LogP contribution is 2.35. The van der Waals surface area contributed by atoms with Crippen LogP contribution in [0.25, 0.3) is 20.8 Å². The summed E-state index contributed by atoms with van der Waals surface area (Å²) in [6.07, 6.45) is 0. The van der Waals surface area contributed by atoms with Gasteiger partial charge in [-0.15, -0.1) is 22.7 Å². The van der Waals surface area contributed by atoms with Gasteiger partial charge in [-0.25, -0.2) is 4.98 Å². The van der Waals surface area contributed by atoms with Crippen LogP contribution in [0.2, 0.25) is 0 Å². The van der Waals surface area contributed by atoms with Crippen LogP contribution in [0.5, 0.6) is 0 Å². The van der Waals surface area contributed by atoms with Crippen molar-refractivity contribution in [2.45, 2.75) is 26.3 Å². The van der Waals surface area contributed by atoms with Gasteiger partial charge in [-0.05, 0) is 44.4 Å². The summed E-state index contributed by atoms with van der Waals surface area (Å²) < 4.78 is 0. The van der Waals surface area contributed by atoms with Gasteiger partial charge >= 0.3 is 0 Å². The molecule has 0 unspecified atom stereocenters. The Morgan fingerprint density at radius 2 is 2.05 bits per heavy atom. The minimum absolute atomic E-state index is 0.148. The van der Waals surface area contributed by atoms with Crippen molar-refractivity contribution in [1.82, 2.24) is 10.3 Å². The van der Waals surface area contributed by atoms with Crippen molar-refractivity contribution in [2.24, 2.45) is 0 Å². The number of rotatable bonds is 2. The van der Waals surface area contributed by atoms with Crippen molar-refractivity contribution in [3.63, 3.8) is 0 Å². The van der Waals surface area contributed by atoms with Gasteiger partial charge in [0.1, 0.15) is 9.71 Å². The maximum atomic E-state index is 12.4. The lowest BCUT2D eigenvalue weighted by atomic mass is 10.1. The molecule has 0 fully saturated rings. The predicted molar refractivity (Wildman–Crippen MR) is 94.6 cm³/mol. The third-order valence-corrected chi connectivity index (χ3v) is 5.07. The van der Waals surface area contributed by atoms with Crippen LogP contribution in [0.4, 0.5) is 5.69 Å². The Bertz CT molecular complexity index is 829. The Hall–Kier alpha value is -1.92. The number of aromatic nitrogens is 1. The molecule has 3 aromatic rings. The van der Waals surface area contributed by atoms with Crippen molar-refractivity contribution in [3.05, 3.63) is 34.5 Å². The molecule has 0 aliphatic carbocycles. The van der Waals surface area contributed by atoms with E-state index in [1.807, 2.05) is 50.4 Å². The molecule has 3 N–H and O–H groups in total. The first-order valence-corrected chi connectivity index (χ1v) is 8.60. The Morgan fingerprint density at radius 3 is 2.68 bits per heavy atom. The molecule has 3 aromatic heterocycles. The molecule has 0 atom stereocenters. The van der Waals surface area contributed by atoms with Gasteiger partial charge in [-0.2, -0.15) is 0 Å². The van der Waals surface area contributed by atoms with Gasteiger partial charge in [0, 0.05) is 10.9 Å². The Labute approximate surface area is 137 Å². The second-order valence-electron chi connectivity index (χ2n) is 6.08. The smallest absolute Gasteiger partial charge is 0.263 e. The lowest BCUT2D eigenvalue weighted by Crippen LogP contribution is -2.40. The van der Waals surface area contributed by atoms with E-state index in [1.165, 1.54) is 11.3 Å². The summed E-state index contributed by atoms with van der Waals surface area (Å²) in [6.45, 7) is 5.84. The Morgan fingerprint density at radius 1 is 1.27 bits per heavy atom. The van der Waals surface area contributed by atoms with E-state index in [0.29, 0.717) is 10.6 Å². The molecule has 22 heavy (non-hydrogen) atoms. The van der Waals surface area contributed by atoms with Gasteiger partial charge in [0.2, 0.25) is 0 Å². The van der Waals surface area contributed by atoms with Crippen molar-refractivity contribution in [1.29, 1.82) is 0 Å². The first-order valence-electron chi connectivity index (χ1n) is 6.90. The minimum atomic E-state index is -0.296. The molecular weight excluding hydrogens is 314 g/mol. The van der Waals surface area contributed by atoms with Crippen molar-refractivity contribution in [3.8, 4) is 10.6 Å². The summed E-state index contributed by atoms with van der Waals surface area (Å²) in [4.78, 5) is 19.4. The first-order chi connectivity index (χ1) is 10.3. The summed E-state index contributed by atoms with van der Waals surface area (Å²) in [5.41, 5.74) is 7.26. The fourth-order valence-corrected chi connectivity index (χ4v) is 3.81. The lowest BCUT2D eigenvalue weighted by Gasteiger charge is -2.19. The SMILES string of the molecule is CC(C)(C)NC(=O)c1sc2nc(-c3cccs3)ccc2c1N. The summed E-state index contributed by atoms with van der Waals surface area (Å²) in [6, 6.07) is 7.92. The largest absolute Gasteiger partial charge is 0.397 e. The second-order valence-corrected chi connectivity index (χ2v) is 8.02. The number of nitrogen functional groups attached to an aromatic ring is 1. The third-order valence-electron chi connectivity index (χ3n) is 3.06. The standard InChI is InChI=1S/C16H17N3OS2/c1-16(2,3)19-14(20)13-12(17)9-6-7-10(18-15(9)22-13)11-5-4-8-21-11/h4-8H,17H2,1-3H3,(H,19,20). The van der Waals surface area contributed by atoms with Crippen LogP contribution in [0.15, 0.2) is 29.6 Å². The molecule has 0 saturated heterocycles. The van der Waals surface area contributed by atoms with E-state index in [-0.39, 0.29) is 11.4 Å². The molecule has 0 aromatic carbocycles. The molecule has 6 heteroatoms. The molecule has 114 valence electrons. The Balaban J connectivity index is 2.03. The molecule has 4 nitrogen and oxygen atoms in total. The topological polar surface area (TPSA) is 68.0 Å². The van der Waals surface area contributed by atoms with Crippen LogP contribution in [0.1, 0.15) is 30.4 Å². The van der Waals surface area contributed by atoms with Gasteiger partial charge in [0.05, 0.1) is 16.3 Å². The maximum Gasteiger partial charge on any atom is 0.263 e. The van der Waals surface area contributed by atoms with Gasteiger partial charge < -0.3 is 11.1 Å². The molecule has 3 rings (SSSR count). The van der Waals surface area contributed by atoms with Crippen LogP contribution in [-0.2, 0) is 0 Å². The van der Waals surface area contributed by atoms with E-state index in [1.54, 1.807) is 11.3 Å². The summed E-state index contributed by atoms with van der Waals surface area (Å²) in [5, 5.41) is 5.80. The Kier molecular flexibility index (Phi) is 3.66. The minimum Gasteiger partial charge on any atom is -0.397 e. The maximum absolute atomic E-state index is 12.4. The van der Waals surface area contributed by atoms with Gasteiger partial charge in [-0.3, -0.25) is 4.79 Å². The molecule has 3 heterocycles. The molecule has 0 bridgehead atoms. The van der Waals surface area contributed by atoms with Gasteiger partial charge in [-0.1, -0.05) is 6.07 Å². The molecule has 0 aliphatic heterocycles. The van der Waals surface area contributed by atoms with Crippen molar-refractivity contribution < 1.29 is 4.79 Å². The average molecular weight is 331 g/mol. The van der Waals surface area contributed by atoms with E-state index in [0.717, 1.165) is 20.8 Å². The number of carbonyl (C=O) groups excluding carboxylic acids is 1. The molecule has 0 aliphatic rings. The number of nitrogens with zero attached hydrogens (tertiary/aromatic N) is 1. The third kappa shape index (κ3) is 2.84. The van der Waals surface area contributed by atoms with E-state index >= 15 is 0 Å². The number of nitrogens with one attached hydrogen (secondary N) is 1. The molecular formula is C16H17N3OS2. The summed E-state index contributed by atoms with van der Waals surface area (Å²) in [5.74, 6) is -0.148. The predicted octanol–water partition coefficient (Wildman–Crippen LogP) is 4.14. The summed E-state index contributed by atoms with van der Waals surface area (Å²) in [7, 11) is 0. The highest BCUT2D eigenvalue weighted by atomic mass is 32.1. The van der Waals surface area contributed by atoms with Gasteiger partial charge in [0.15, 0.2) is 0 Å². The number of amides is 1. The summed E-state index contributed by atoms with van der Waals surface area (Å²) >= 11 is 2.98. The van der Waals surface area contributed by atoms with E-state index in [9.17, 15) is 4.79 Å². The zero-order valence-electron chi connectivity index (χ0n) is 12.6. The van der Waals surface area contributed by atoms with Crippen LogP contribution in [0, 0.1) is 0 Å². The number of carbonyl (C=O) groups is 1. The molecule has 0 saturated carbocycles. The monoisotopic (exact) mass is 331 g/mol. The van der Waals surface area contributed by atoms with Gasteiger partial charge in [0.25, 0.3) is 5.91 Å².